The molecular weight excluding hydrogens is 522 g/mol. The molecule has 188 valence electrons. The highest BCUT2D eigenvalue weighted by molar-refractivity contribution is 7.24. The van der Waals surface area contributed by atoms with Gasteiger partial charge < -0.3 is 20.9 Å². The number of carbonyl (C=O) groups excluding carboxylic acids is 1. The number of carbonyl (C=O) groups is 1. The number of rotatable bonds is 9. The van der Waals surface area contributed by atoms with Crippen LogP contribution in [0.25, 0.3) is 21.6 Å². The van der Waals surface area contributed by atoms with Gasteiger partial charge in [0.25, 0.3) is 0 Å². The van der Waals surface area contributed by atoms with E-state index in [-0.39, 0.29) is 5.82 Å². The molecule has 2 heterocycles. The number of anilines is 3. The molecule has 4 rings (SSSR count). The molecule has 2 amide bonds. The molecule has 0 bridgehead atoms. The lowest BCUT2D eigenvalue weighted by atomic mass is 10.2. The molecule has 0 aliphatic rings. The third kappa shape index (κ3) is 6.22. The summed E-state index contributed by atoms with van der Waals surface area (Å²) in [6, 6.07) is 12.2. The highest BCUT2D eigenvalue weighted by atomic mass is 35.5. The van der Waals surface area contributed by atoms with Gasteiger partial charge >= 0.3 is 6.03 Å². The summed E-state index contributed by atoms with van der Waals surface area (Å²) in [5.74, 6) is 0.804. The Morgan fingerprint density at radius 2 is 1.58 bits per heavy atom. The Labute approximate surface area is 222 Å². The normalized spacial score (nSPS) is 11.2. The van der Waals surface area contributed by atoms with E-state index in [1.165, 1.54) is 35.6 Å². The monoisotopic (exact) mass is 546 g/mol. The molecule has 2 aromatic heterocycles. The maximum absolute atomic E-state index is 13.0. The Morgan fingerprint density at radius 1 is 0.972 bits per heavy atom. The maximum Gasteiger partial charge on any atom is 0.323 e. The number of nitrogens with zero attached hydrogens (tertiary/aromatic N) is 3. The van der Waals surface area contributed by atoms with Crippen molar-refractivity contribution in [1.82, 2.24) is 14.9 Å². The minimum Gasteiger partial charge on any atom is -0.367 e. The summed E-state index contributed by atoms with van der Waals surface area (Å²) in [5, 5.41) is 9.22. The van der Waals surface area contributed by atoms with Gasteiger partial charge in [0.1, 0.15) is 21.5 Å². The van der Waals surface area contributed by atoms with Gasteiger partial charge in [0.05, 0.1) is 9.72 Å². The van der Waals surface area contributed by atoms with E-state index < -0.39 is 6.03 Å². The predicted octanol–water partition coefficient (Wildman–Crippen LogP) is 7.20. The molecule has 7 nitrogen and oxygen atoms in total. The fourth-order valence-corrected chi connectivity index (χ4v) is 5.03. The van der Waals surface area contributed by atoms with Gasteiger partial charge in [-0.1, -0.05) is 37.0 Å². The smallest absolute Gasteiger partial charge is 0.323 e. The number of amides is 2. The zero-order chi connectivity index (χ0) is 25.7. The van der Waals surface area contributed by atoms with Crippen LogP contribution >= 0.6 is 34.5 Å². The largest absolute Gasteiger partial charge is 0.367 e. The van der Waals surface area contributed by atoms with Crippen molar-refractivity contribution < 1.29 is 9.18 Å². The summed E-state index contributed by atoms with van der Waals surface area (Å²) in [6.07, 6.45) is 0. The first-order valence-electron chi connectivity index (χ1n) is 11.4. The number of likely N-dealkylation sites (N-methyl/N-ethyl adjacent to an activating group) is 1. The molecule has 0 saturated heterocycles. The van der Waals surface area contributed by atoms with E-state index in [0.29, 0.717) is 44.4 Å². The lowest BCUT2D eigenvalue weighted by molar-refractivity contribution is 0.262. The average molecular weight is 547 g/mol. The minimum absolute atomic E-state index is 0.370. The number of benzene rings is 2. The number of urea groups is 1. The number of fused-ring (bicyclic) bond motifs is 1. The molecule has 0 fully saturated rings. The lowest BCUT2D eigenvalue weighted by Crippen LogP contribution is -2.28. The Kier molecular flexibility index (Phi) is 8.58. The fraction of sp³-hybridized carbons (Fsp3) is 0.240. The summed E-state index contributed by atoms with van der Waals surface area (Å²) in [6.45, 7) is 7.80. The Morgan fingerprint density at radius 3 is 2.19 bits per heavy atom. The van der Waals surface area contributed by atoms with Gasteiger partial charge in [-0.2, -0.15) is 0 Å². The SMILES string of the molecule is CCN(CC)CCNc1nc(-c2ccc(NC(=O)Nc3ccc(F)cc3)cc2)nc2c(Cl)c(Cl)sc12. The molecule has 0 atom stereocenters. The highest BCUT2D eigenvalue weighted by Gasteiger charge is 2.17. The van der Waals surface area contributed by atoms with Crippen LogP contribution in [-0.4, -0.2) is 47.1 Å². The van der Waals surface area contributed by atoms with Gasteiger partial charge in [-0.3, -0.25) is 0 Å². The molecule has 3 N–H and O–H groups in total. The molecule has 0 radical (unpaired) electrons. The first-order chi connectivity index (χ1) is 17.4. The summed E-state index contributed by atoms with van der Waals surface area (Å²) in [4.78, 5) is 24.0. The van der Waals surface area contributed by atoms with E-state index in [1.54, 1.807) is 12.1 Å². The first kappa shape index (κ1) is 26.1. The molecule has 11 heteroatoms. The molecule has 0 aliphatic heterocycles. The van der Waals surface area contributed by atoms with Gasteiger partial charge in [0, 0.05) is 30.0 Å². The van der Waals surface area contributed by atoms with Crippen LogP contribution in [0.5, 0.6) is 0 Å². The van der Waals surface area contributed by atoms with Crippen molar-refractivity contribution in [3.8, 4) is 11.4 Å². The van der Waals surface area contributed by atoms with Crippen LogP contribution in [0.2, 0.25) is 9.36 Å². The van der Waals surface area contributed by atoms with Crippen LogP contribution in [0, 0.1) is 5.82 Å². The molecule has 0 spiro atoms. The number of hydrogen-bond donors (Lipinski definition) is 3. The zero-order valence-corrected chi connectivity index (χ0v) is 22.1. The number of nitrogens with one attached hydrogen (secondary N) is 3. The standard InChI is InChI=1S/C25H25Cl2FN6OS/c1-3-34(4-2)14-13-29-24-21-20(19(26)22(27)36-21)32-23(33-24)15-5-9-17(10-6-15)30-25(35)31-18-11-7-16(28)8-12-18/h5-12H,3-4,13-14H2,1-2H3,(H,29,32,33)(H2,30,31,35). The highest BCUT2D eigenvalue weighted by Crippen LogP contribution is 2.41. The van der Waals surface area contributed by atoms with E-state index in [0.717, 1.165) is 29.9 Å². The average Bonchev–Trinajstić information content (AvgIpc) is 3.17. The second-order valence-corrected chi connectivity index (χ2v) is 9.88. The van der Waals surface area contributed by atoms with Crippen LogP contribution in [0.15, 0.2) is 48.5 Å². The van der Waals surface area contributed by atoms with Crippen LogP contribution in [0.1, 0.15) is 13.8 Å². The van der Waals surface area contributed by atoms with E-state index in [2.05, 4.69) is 39.7 Å². The third-order valence-corrected chi connectivity index (χ3v) is 7.53. The van der Waals surface area contributed by atoms with Crippen molar-refractivity contribution >= 4 is 68.0 Å². The fourth-order valence-electron chi connectivity index (χ4n) is 3.57. The van der Waals surface area contributed by atoms with Crippen LogP contribution < -0.4 is 16.0 Å². The molecular formula is C25H25Cl2FN6OS. The summed E-state index contributed by atoms with van der Waals surface area (Å²) < 4.78 is 14.3. The number of halogens is 3. The summed E-state index contributed by atoms with van der Waals surface area (Å²) >= 11 is 14.1. The van der Waals surface area contributed by atoms with Crippen molar-refractivity contribution in [2.45, 2.75) is 13.8 Å². The topological polar surface area (TPSA) is 82.2 Å². The molecule has 0 aliphatic carbocycles. The number of thiophene rings is 1. The summed E-state index contributed by atoms with van der Waals surface area (Å²) in [5.41, 5.74) is 2.42. The molecule has 0 saturated carbocycles. The molecule has 4 aromatic rings. The molecule has 0 unspecified atom stereocenters. The first-order valence-corrected chi connectivity index (χ1v) is 13.0. The molecule has 2 aromatic carbocycles. The van der Waals surface area contributed by atoms with Crippen molar-refractivity contribution in [3.05, 3.63) is 63.7 Å². The van der Waals surface area contributed by atoms with Crippen molar-refractivity contribution in [2.75, 3.05) is 42.1 Å². The van der Waals surface area contributed by atoms with Crippen LogP contribution in [0.4, 0.5) is 26.4 Å². The maximum atomic E-state index is 13.0. The summed E-state index contributed by atoms with van der Waals surface area (Å²) in [7, 11) is 0. The second kappa shape index (κ2) is 11.8. The van der Waals surface area contributed by atoms with Crippen molar-refractivity contribution in [2.24, 2.45) is 0 Å². The Hall–Kier alpha value is -2.98. The Bertz CT molecular complexity index is 1340. The molecule has 36 heavy (non-hydrogen) atoms. The number of aromatic nitrogens is 2. The number of hydrogen-bond acceptors (Lipinski definition) is 6. The van der Waals surface area contributed by atoms with E-state index >= 15 is 0 Å². The van der Waals surface area contributed by atoms with Gasteiger partial charge in [0.2, 0.25) is 0 Å². The van der Waals surface area contributed by atoms with E-state index in [1.807, 2.05) is 12.1 Å². The Balaban J connectivity index is 1.52. The zero-order valence-electron chi connectivity index (χ0n) is 19.7. The minimum atomic E-state index is -0.439. The van der Waals surface area contributed by atoms with E-state index in [9.17, 15) is 9.18 Å². The van der Waals surface area contributed by atoms with Gasteiger partial charge in [-0.25, -0.2) is 19.2 Å². The predicted molar refractivity (Wildman–Crippen MR) is 148 cm³/mol. The second-order valence-electron chi connectivity index (χ2n) is 7.88. The van der Waals surface area contributed by atoms with Crippen LogP contribution in [-0.2, 0) is 0 Å². The van der Waals surface area contributed by atoms with E-state index in [4.69, 9.17) is 28.2 Å². The van der Waals surface area contributed by atoms with Gasteiger partial charge in [-0.15, -0.1) is 11.3 Å². The van der Waals surface area contributed by atoms with Crippen molar-refractivity contribution in [1.29, 1.82) is 0 Å². The van der Waals surface area contributed by atoms with Crippen molar-refractivity contribution in [3.63, 3.8) is 0 Å². The van der Waals surface area contributed by atoms with Gasteiger partial charge in [-0.05, 0) is 61.6 Å². The lowest BCUT2D eigenvalue weighted by Gasteiger charge is -2.18. The van der Waals surface area contributed by atoms with Gasteiger partial charge in [0.15, 0.2) is 5.82 Å². The quantitative estimate of drug-likeness (QED) is 0.206. The van der Waals surface area contributed by atoms with Crippen LogP contribution in [0.3, 0.4) is 0 Å². The third-order valence-electron chi connectivity index (χ3n) is 5.56.